The number of ether oxygens (including phenoxy) is 3. The Morgan fingerprint density at radius 2 is 1.85 bits per heavy atom. The summed E-state index contributed by atoms with van der Waals surface area (Å²) in [6.45, 7) is 4.96. The summed E-state index contributed by atoms with van der Waals surface area (Å²) < 4.78 is 19.9. The summed E-state index contributed by atoms with van der Waals surface area (Å²) >= 11 is 0. The minimum Gasteiger partial charge on any atom is -0.458 e. The molecule has 34 heavy (non-hydrogen) atoms. The van der Waals surface area contributed by atoms with Gasteiger partial charge in [0.05, 0.1) is 19.0 Å². The van der Waals surface area contributed by atoms with Gasteiger partial charge in [-0.15, -0.1) is 0 Å². The van der Waals surface area contributed by atoms with Gasteiger partial charge in [-0.1, -0.05) is 12.1 Å². The summed E-state index contributed by atoms with van der Waals surface area (Å²) in [5.74, 6) is -0.379. The number of oxazole rings is 1. The van der Waals surface area contributed by atoms with Gasteiger partial charge < -0.3 is 28.9 Å². The average molecular weight is 471 g/mol. The molecule has 1 atom stereocenters. The lowest BCUT2D eigenvalue weighted by atomic mass is 10.1. The number of methoxy groups -OCH3 is 1. The Bertz CT molecular complexity index is 1120. The van der Waals surface area contributed by atoms with Crippen molar-refractivity contribution in [2.24, 2.45) is 0 Å². The first-order chi connectivity index (χ1) is 16.1. The molecule has 12 heteroatoms. The van der Waals surface area contributed by atoms with E-state index in [0.717, 1.165) is 18.2 Å². The van der Waals surface area contributed by atoms with Gasteiger partial charge in [-0.25, -0.2) is 24.4 Å². The quantitative estimate of drug-likeness (QED) is 0.345. The van der Waals surface area contributed by atoms with Gasteiger partial charge in [-0.05, 0) is 38.5 Å². The Balaban J connectivity index is 1.75. The lowest BCUT2D eigenvalue weighted by Gasteiger charge is -2.22. The lowest BCUT2D eigenvalue weighted by molar-refractivity contribution is 0.0359. The summed E-state index contributed by atoms with van der Waals surface area (Å²) in [7, 11) is 1.28. The Labute approximate surface area is 195 Å². The highest BCUT2D eigenvalue weighted by Gasteiger charge is 2.25. The smallest absolute Gasteiger partial charge is 0.411 e. The number of amides is 2. The molecule has 1 aromatic carbocycles. The number of benzene rings is 1. The van der Waals surface area contributed by atoms with E-state index in [1.165, 1.54) is 7.11 Å². The van der Waals surface area contributed by atoms with Gasteiger partial charge in [0.25, 0.3) is 0 Å². The van der Waals surface area contributed by atoms with Gasteiger partial charge in [0.2, 0.25) is 0 Å². The Morgan fingerprint density at radius 1 is 1.12 bits per heavy atom. The van der Waals surface area contributed by atoms with Gasteiger partial charge in [0.15, 0.2) is 12.1 Å². The van der Waals surface area contributed by atoms with E-state index in [1.54, 1.807) is 51.2 Å². The molecule has 2 aromatic heterocycles. The second-order valence-electron chi connectivity index (χ2n) is 8.05. The highest BCUT2D eigenvalue weighted by molar-refractivity contribution is 5.86. The maximum Gasteiger partial charge on any atom is 0.411 e. The third-order valence-corrected chi connectivity index (χ3v) is 4.27. The van der Waals surface area contributed by atoms with E-state index in [0.29, 0.717) is 17.2 Å². The SMILES string of the molecule is COC(=O)Nc1ccc(-c2cnc(C(COC(=O)c3cocn3)NC(=O)OC(C)(C)C)[nH]2)cc1. The number of rotatable bonds is 7. The molecule has 0 aliphatic rings. The van der Waals surface area contributed by atoms with Crippen molar-refractivity contribution in [3.63, 3.8) is 0 Å². The zero-order chi connectivity index (χ0) is 24.7. The number of anilines is 1. The van der Waals surface area contributed by atoms with Crippen LogP contribution in [0.5, 0.6) is 0 Å². The summed E-state index contributed by atoms with van der Waals surface area (Å²) in [5, 5.41) is 5.22. The van der Waals surface area contributed by atoms with Crippen LogP contribution in [-0.2, 0) is 14.2 Å². The second-order valence-corrected chi connectivity index (χ2v) is 8.05. The number of alkyl carbamates (subject to hydrolysis) is 1. The number of nitrogens with one attached hydrogen (secondary N) is 3. The molecular formula is C22H25N5O7. The van der Waals surface area contributed by atoms with Crippen molar-refractivity contribution < 1.29 is 33.0 Å². The Morgan fingerprint density at radius 3 is 2.47 bits per heavy atom. The molecule has 0 aliphatic heterocycles. The Kier molecular flexibility index (Phi) is 7.51. The molecule has 0 radical (unpaired) electrons. The van der Waals surface area contributed by atoms with E-state index in [2.05, 4.69) is 30.3 Å². The van der Waals surface area contributed by atoms with Crippen molar-refractivity contribution >= 4 is 23.8 Å². The molecule has 2 amide bonds. The topological polar surface area (TPSA) is 158 Å². The van der Waals surface area contributed by atoms with Gasteiger partial charge in [-0.2, -0.15) is 0 Å². The second kappa shape index (κ2) is 10.5. The van der Waals surface area contributed by atoms with E-state index in [9.17, 15) is 14.4 Å². The fraction of sp³-hybridized carbons (Fsp3) is 0.318. The van der Waals surface area contributed by atoms with Gasteiger partial charge in [0, 0.05) is 5.69 Å². The first-order valence-electron chi connectivity index (χ1n) is 10.2. The number of H-pyrrole nitrogens is 1. The van der Waals surface area contributed by atoms with Gasteiger partial charge in [-0.3, -0.25) is 5.32 Å². The van der Waals surface area contributed by atoms with Crippen LogP contribution in [0.3, 0.4) is 0 Å². The number of carbonyl (C=O) groups is 3. The van der Waals surface area contributed by atoms with E-state index in [4.69, 9.17) is 13.9 Å². The zero-order valence-electron chi connectivity index (χ0n) is 19.1. The first kappa shape index (κ1) is 24.3. The molecule has 0 saturated carbocycles. The molecule has 180 valence electrons. The summed E-state index contributed by atoms with van der Waals surface area (Å²) in [6.07, 6.45) is 2.56. The summed E-state index contributed by atoms with van der Waals surface area (Å²) in [4.78, 5) is 47.0. The maximum absolute atomic E-state index is 12.4. The monoisotopic (exact) mass is 471 g/mol. The number of hydrogen-bond acceptors (Lipinski definition) is 9. The van der Waals surface area contributed by atoms with E-state index in [1.807, 2.05) is 0 Å². The van der Waals surface area contributed by atoms with E-state index < -0.39 is 29.8 Å². The maximum atomic E-state index is 12.4. The third kappa shape index (κ3) is 6.82. The normalized spacial score (nSPS) is 11.9. The molecule has 0 spiro atoms. The fourth-order valence-corrected chi connectivity index (χ4v) is 2.75. The molecule has 0 fully saturated rings. The van der Waals surface area contributed by atoms with Crippen molar-refractivity contribution in [1.82, 2.24) is 20.3 Å². The molecule has 0 bridgehead atoms. The van der Waals surface area contributed by atoms with Gasteiger partial charge in [0.1, 0.15) is 30.3 Å². The van der Waals surface area contributed by atoms with Crippen LogP contribution in [0, 0.1) is 0 Å². The van der Waals surface area contributed by atoms with Crippen LogP contribution < -0.4 is 10.6 Å². The molecule has 0 saturated heterocycles. The highest BCUT2D eigenvalue weighted by Crippen LogP contribution is 2.22. The standard InChI is InChI=1S/C22H25N5O7/c1-22(2,3)34-21(30)27-16(11-33-19(28)17-10-32-12-24-17)18-23-9-15(26-18)13-5-7-14(8-6-13)25-20(29)31-4/h5-10,12,16H,11H2,1-4H3,(H,23,26)(H,25,29)(H,27,30). The molecule has 3 N–H and O–H groups in total. The van der Waals surface area contributed by atoms with Crippen LogP contribution in [0.1, 0.15) is 43.1 Å². The molecule has 3 rings (SSSR count). The van der Waals surface area contributed by atoms with Gasteiger partial charge >= 0.3 is 18.2 Å². The van der Waals surface area contributed by atoms with E-state index >= 15 is 0 Å². The van der Waals surface area contributed by atoms with Crippen LogP contribution >= 0.6 is 0 Å². The van der Waals surface area contributed by atoms with Crippen LogP contribution in [0.25, 0.3) is 11.3 Å². The molecule has 2 heterocycles. The molecule has 3 aromatic rings. The van der Waals surface area contributed by atoms with E-state index in [-0.39, 0.29) is 12.3 Å². The van der Waals surface area contributed by atoms with Crippen molar-refractivity contribution in [2.75, 3.05) is 19.0 Å². The molecular weight excluding hydrogens is 446 g/mol. The zero-order valence-corrected chi connectivity index (χ0v) is 19.1. The summed E-state index contributed by atoms with van der Waals surface area (Å²) in [5.41, 5.74) is 1.24. The average Bonchev–Trinajstić information content (AvgIpc) is 3.48. The van der Waals surface area contributed by atoms with Crippen molar-refractivity contribution in [2.45, 2.75) is 32.4 Å². The number of aromatic amines is 1. The van der Waals surface area contributed by atoms with Crippen LogP contribution in [0.15, 0.2) is 47.5 Å². The van der Waals surface area contributed by atoms with Crippen molar-refractivity contribution in [3.05, 3.63) is 54.6 Å². The number of nitrogens with zero attached hydrogens (tertiary/aromatic N) is 2. The van der Waals surface area contributed by atoms with Crippen LogP contribution in [0.4, 0.5) is 15.3 Å². The number of hydrogen-bond donors (Lipinski definition) is 3. The minimum atomic E-state index is -0.834. The largest absolute Gasteiger partial charge is 0.458 e. The number of carbonyl (C=O) groups excluding carboxylic acids is 3. The molecule has 0 aliphatic carbocycles. The fourth-order valence-electron chi connectivity index (χ4n) is 2.75. The summed E-state index contributed by atoms with van der Waals surface area (Å²) in [6, 6.07) is 6.10. The third-order valence-electron chi connectivity index (χ3n) is 4.27. The lowest BCUT2D eigenvalue weighted by Crippen LogP contribution is -2.37. The van der Waals surface area contributed by atoms with Crippen molar-refractivity contribution in [1.29, 1.82) is 0 Å². The molecule has 12 nitrogen and oxygen atoms in total. The van der Waals surface area contributed by atoms with Crippen LogP contribution in [-0.4, -0.2) is 52.4 Å². The molecule has 1 unspecified atom stereocenters. The number of imidazole rings is 1. The number of esters is 1. The first-order valence-corrected chi connectivity index (χ1v) is 10.2. The minimum absolute atomic E-state index is 0.00296. The number of aromatic nitrogens is 3. The predicted octanol–water partition coefficient (Wildman–Crippen LogP) is 3.67. The van der Waals surface area contributed by atoms with Crippen LogP contribution in [0.2, 0.25) is 0 Å². The van der Waals surface area contributed by atoms with Crippen molar-refractivity contribution in [3.8, 4) is 11.3 Å². The Hall–Kier alpha value is -4.35. The highest BCUT2D eigenvalue weighted by atomic mass is 16.6. The predicted molar refractivity (Wildman–Crippen MR) is 119 cm³/mol.